The maximum atomic E-state index is 11.6. The summed E-state index contributed by atoms with van der Waals surface area (Å²) in [4.78, 5) is 34.6. The third kappa shape index (κ3) is 3.18. The van der Waals surface area contributed by atoms with Gasteiger partial charge >= 0.3 is 11.9 Å². The largest absolute Gasteiger partial charge is 0.481 e. The second-order valence-electron chi connectivity index (χ2n) is 4.28. The van der Waals surface area contributed by atoms with Gasteiger partial charge in [-0.2, -0.15) is 0 Å². The lowest BCUT2D eigenvalue weighted by Crippen LogP contribution is -2.42. The van der Waals surface area contributed by atoms with Crippen LogP contribution in [0.15, 0.2) is 0 Å². The Morgan fingerprint density at radius 3 is 2.53 bits per heavy atom. The number of carbonyl (C=O) groups excluding carboxylic acids is 1. The number of amides is 1. The Morgan fingerprint density at radius 1 is 1.47 bits per heavy atom. The van der Waals surface area contributed by atoms with E-state index in [1.165, 1.54) is 4.90 Å². The Labute approximate surface area is 99.2 Å². The number of unbranched alkanes of at least 4 members (excludes halogenated alkanes) is 1. The predicted molar refractivity (Wildman–Crippen MR) is 58.4 cm³/mol. The molecule has 2 N–H and O–H groups in total. The van der Waals surface area contributed by atoms with E-state index in [2.05, 4.69) is 0 Å². The number of hydrogen-bond acceptors (Lipinski definition) is 3. The number of nitrogens with zero attached hydrogens (tertiary/aromatic N) is 1. The van der Waals surface area contributed by atoms with Crippen LogP contribution in [0.3, 0.4) is 0 Å². The van der Waals surface area contributed by atoms with E-state index in [0.717, 1.165) is 6.42 Å². The molecule has 0 aromatic heterocycles. The summed E-state index contributed by atoms with van der Waals surface area (Å²) in [6.07, 6.45) is 1.84. The molecule has 0 aliphatic carbocycles. The zero-order valence-electron chi connectivity index (χ0n) is 9.76. The van der Waals surface area contributed by atoms with Crippen molar-refractivity contribution in [2.45, 2.75) is 38.6 Å². The SMILES string of the molecule is CCCCC(C(=O)O)N1CC(C(=O)O)CC1=O. The first kappa shape index (κ1) is 13.5. The van der Waals surface area contributed by atoms with Gasteiger partial charge in [0.25, 0.3) is 0 Å². The maximum absolute atomic E-state index is 11.6. The molecule has 0 aromatic rings. The van der Waals surface area contributed by atoms with Crippen molar-refractivity contribution in [1.82, 2.24) is 4.90 Å². The lowest BCUT2D eigenvalue weighted by atomic mass is 10.1. The highest BCUT2D eigenvalue weighted by Crippen LogP contribution is 2.22. The van der Waals surface area contributed by atoms with Gasteiger partial charge in [0.2, 0.25) is 5.91 Å². The second-order valence-corrected chi connectivity index (χ2v) is 4.28. The molecule has 6 heteroatoms. The first-order valence-electron chi connectivity index (χ1n) is 5.72. The minimum atomic E-state index is -1.06. The molecule has 96 valence electrons. The first-order chi connectivity index (χ1) is 7.97. The molecule has 6 nitrogen and oxygen atoms in total. The van der Waals surface area contributed by atoms with Gasteiger partial charge in [-0.15, -0.1) is 0 Å². The number of rotatable bonds is 6. The number of carbonyl (C=O) groups is 3. The summed E-state index contributed by atoms with van der Waals surface area (Å²) in [5.74, 6) is -3.25. The molecule has 1 aliphatic rings. The van der Waals surface area contributed by atoms with E-state index in [1.807, 2.05) is 6.92 Å². The van der Waals surface area contributed by atoms with Crippen molar-refractivity contribution in [3.8, 4) is 0 Å². The normalized spacial score (nSPS) is 21.6. The topological polar surface area (TPSA) is 94.9 Å². The summed E-state index contributed by atoms with van der Waals surface area (Å²) < 4.78 is 0. The second kappa shape index (κ2) is 5.65. The highest BCUT2D eigenvalue weighted by Gasteiger charge is 2.40. The lowest BCUT2D eigenvalue weighted by Gasteiger charge is -2.24. The zero-order valence-corrected chi connectivity index (χ0v) is 9.76. The molecule has 17 heavy (non-hydrogen) atoms. The van der Waals surface area contributed by atoms with E-state index in [4.69, 9.17) is 10.2 Å². The van der Waals surface area contributed by atoms with Gasteiger partial charge in [-0.25, -0.2) is 4.79 Å². The van der Waals surface area contributed by atoms with Gasteiger partial charge in [0.05, 0.1) is 5.92 Å². The lowest BCUT2D eigenvalue weighted by molar-refractivity contribution is -0.148. The van der Waals surface area contributed by atoms with Crippen LogP contribution in [0.2, 0.25) is 0 Å². The van der Waals surface area contributed by atoms with Crippen LogP contribution in [0.1, 0.15) is 32.6 Å². The van der Waals surface area contributed by atoms with E-state index < -0.39 is 23.9 Å². The smallest absolute Gasteiger partial charge is 0.326 e. The monoisotopic (exact) mass is 243 g/mol. The molecule has 0 aromatic carbocycles. The number of aliphatic carboxylic acids is 2. The fraction of sp³-hybridized carbons (Fsp3) is 0.727. The Balaban J connectivity index is 2.71. The number of likely N-dealkylation sites (tertiary alicyclic amines) is 1. The van der Waals surface area contributed by atoms with Gasteiger partial charge < -0.3 is 15.1 Å². The molecule has 1 fully saturated rings. The van der Waals surface area contributed by atoms with Gasteiger partial charge in [0.1, 0.15) is 6.04 Å². The van der Waals surface area contributed by atoms with Crippen molar-refractivity contribution in [3.63, 3.8) is 0 Å². The van der Waals surface area contributed by atoms with Crippen LogP contribution in [0.5, 0.6) is 0 Å². The Kier molecular flexibility index (Phi) is 4.48. The van der Waals surface area contributed by atoms with Crippen molar-refractivity contribution in [1.29, 1.82) is 0 Å². The molecule has 0 saturated carbocycles. The van der Waals surface area contributed by atoms with Crippen molar-refractivity contribution in [3.05, 3.63) is 0 Å². The van der Waals surface area contributed by atoms with Crippen LogP contribution in [-0.4, -0.2) is 45.5 Å². The molecule has 1 saturated heterocycles. The average molecular weight is 243 g/mol. The van der Waals surface area contributed by atoms with Gasteiger partial charge in [-0.1, -0.05) is 19.8 Å². The Morgan fingerprint density at radius 2 is 2.12 bits per heavy atom. The number of carboxylic acid groups (broad SMARTS) is 2. The van der Waals surface area contributed by atoms with E-state index in [-0.39, 0.29) is 18.9 Å². The molecule has 0 bridgehead atoms. The van der Waals surface area contributed by atoms with Crippen molar-refractivity contribution in [2.75, 3.05) is 6.54 Å². The van der Waals surface area contributed by atoms with Crippen LogP contribution >= 0.6 is 0 Å². The fourth-order valence-electron chi connectivity index (χ4n) is 2.01. The van der Waals surface area contributed by atoms with Gasteiger partial charge in [-0.05, 0) is 6.42 Å². The molecular weight excluding hydrogens is 226 g/mol. The zero-order chi connectivity index (χ0) is 13.0. The van der Waals surface area contributed by atoms with Crippen LogP contribution in [0.4, 0.5) is 0 Å². The summed E-state index contributed by atoms with van der Waals surface area (Å²) in [6, 6.07) is -0.883. The van der Waals surface area contributed by atoms with Crippen LogP contribution in [0, 0.1) is 5.92 Å². The summed E-state index contributed by atoms with van der Waals surface area (Å²) >= 11 is 0. The maximum Gasteiger partial charge on any atom is 0.326 e. The van der Waals surface area contributed by atoms with Crippen LogP contribution in [-0.2, 0) is 14.4 Å². The molecule has 0 spiro atoms. The summed E-state index contributed by atoms with van der Waals surface area (Å²) in [5.41, 5.74) is 0. The van der Waals surface area contributed by atoms with Crippen molar-refractivity contribution in [2.24, 2.45) is 5.92 Å². The summed E-state index contributed by atoms with van der Waals surface area (Å²) in [6.45, 7) is 1.94. The highest BCUT2D eigenvalue weighted by molar-refractivity contribution is 5.89. The first-order valence-corrected chi connectivity index (χ1v) is 5.72. The quantitative estimate of drug-likeness (QED) is 0.710. The molecule has 0 radical (unpaired) electrons. The Hall–Kier alpha value is -1.59. The molecule has 2 atom stereocenters. The van der Waals surface area contributed by atoms with E-state index >= 15 is 0 Å². The standard InChI is InChI=1S/C11H17NO5/c1-2-3-4-8(11(16)17)12-6-7(10(14)15)5-9(12)13/h7-8H,2-6H2,1H3,(H,14,15)(H,16,17). The summed E-state index contributed by atoms with van der Waals surface area (Å²) in [7, 11) is 0. The number of hydrogen-bond donors (Lipinski definition) is 2. The molecule has 2 unspecified atom stereocenters. The fourth-order valence-corrected chi connectivity index (χ4v) is 2.01. The molecule has 1 aliphatic heterocycles. The van der Waals surface area contributed by atoms with Crippen LogP contribution in [0.25, 0.3) is 0 Å². The van der Waals surface area contributed by atoms with Crippen molar-refractivity contribution >= 4 is 17.8 Å². The van der Waals surface area contributed by atoms with E-state index in [9.17, 15) is 14.4 Å². The van der Waals surface area contributed by atoms with Crippen LogP contribution < -0.4 is 0 Å². The van der Waals surface area contributed by atoms with E-state index in [0.29, 0.717) is 12.8 Å². The third-order valence-electron chi connectivity index (χ3n) is 3.00. The van der Waals surface area contributed by atoms with E-state index in [1.54, 1.807) is 0 Å². The van der Waals surface area contributed by atoms with Gasteiger partial charge in [0, 0.05) is 13.0 Å². The summed E-state index contributed by atoms with van der Waals surface area (Å²) in [5, 5.41) is 17.9. The molecule has 1 amide bonds. The average Bonchev–Trinajstić information content (AvgIpc) is 2.61. The van der Waals surface area contributed by atoms with Gasteiger partial charge in [-0.3, -0.25) is 9.59 Å². The minimum Gasteiger partial charge on any atom is -0.481 e. The Bertz CT molecular complexity index is 328. The molecule has 1 heterocycles. The third-order valence-corrected chi connectivity index (χ3v) is 3.00. The predicted octanol–water partition coefficient (Wildman–Crippen LogP) is 0.563. The van der Waals surface area contributed by atoms with Crippen molar-refractivity contribution < 1.29 is 24.6 Å². The molecular formula is C11H17NO5. The highest BCUT2D eigenvalue weighted by atomic mass is 16.4. The minimum absolute atomic E-state index is 0.00878. The number of carboxylic acids is 2. The molecule has 1 rings (SSSR count). The van der Waals surface area contributed by atoms with Gasteiger partial charge in [0.15, 0.2) is 0 Å².